The van der Waals surface area contributed by atoms with Crippen LogP contribution in [0.15, 0.2) is 4.99 Å². The highest BCUT2D eigenvalue weighted by atomic mass is 15.3. The number of nitrogens with one attached hydrogen (secondary N) is 1. The Morgan fingerprint density at radius 3 is 2.56 bits per heavy atom. The summed E-state index contributed by atoms with van der Waals surface area (Å²) in [6.07, 6.45) is 7.56. The van der Waals surface area contributed by atoms with E-state index < -0.39 is 0 Å². The van der Waals surface area contributed by atoms with Gasteiger partial charge in [-0.2, -0.15) is 4.99 Å². The third kappa shape index (κ3) is 2.28. The van der Waals surface area contributed by atoms with Crippen molar-refractivity contribution in [3.63, 3.8) is 0 Å². The first-order valence-electron chi connectivity index (χ1n) is 6.13. The number of hydrogen-bond donors (Lipinski definition) is 3. The number of piperidine rings is 1. The summed E-state index contributed by atoms with van der Waals surface area (Å²) >= 11 is 0. The second kappa shape index (κ2) is 4.72. The number of fused-ring (bicyclic) bond motifs is 1. The molecule has 0 radical (unpaired) electrons. The molecule has 2 fully saturated rings. The zero-order valence-corrected chi connectivity index (χ0v) is 9.65. The molecule has 1 aliphatic carbocycles. The molecule has 5 heteroatoms. The van der Waals surface area contributed by atoms with Gasteiger partial charge in [0.1, 0.15) is 0 Å². The Morgan fingerprint density at radius 2 is 1.81 bits per heavy atom. The molecule has 1 saturated heterocycles. The first-order chi connectivity index (χ1) is 7.68. The summed E-state index contributed by atoms with van der Waals surface area (Å²) in [7, 11) is 0. The Labute approximate surface area is 96.4 Å². The van der Waals surface area contributed by atoms with Gasteiger partial charge in [0.2, 0.25) is 5.96 Å². The van der Waals surface area contributed by atoms with Gasteiger partial charge in [-0.15, -0.1) is 0 Å². The molecule has 0 bridgehead atoms. The zero-order chi connectivity index (χ0) is 11.5. The standard InChI is InChI=1S/C11H21N5/c12-10(13)15-11(14)16-7-3-5-8-4-1-2-6-9(8)16/h8-9H,1-7H2,(H5,12,13,14,15)/t8-,9-/m1/s1. The molecular formula is C11H21N5. The van der Waals surface area contributed by atoms with E-state index >= 15 is 0 Å². The van der Waals surface area contributed by atoms with Crippen LogP contribution in [0.3, 0.4) is 0 Å². The molecule has 1 heterocycles. The van der Waals surface area contributed by atoms with Gasteiger partial charge in [0.25, 0.3) is 0 Å². The van der Waals surface area contributed by atoms with E-state index in [2.05, 4.69) is 9.89 Å². The molecule has 2 aliphatic rings. The van der Waals surface area contributed by atoms with Crippen molar-refractivity contribution in [2.24, 2.45) is 22.4 Å². The minimum Gasteiger partial charge on any atom is -0.370 e. The topological polar surface area (TPSA) is 91.5 Å². The Kier molecular flexibility index (Phi) is 3.31. The maximum atomic E-state index is 7.91. The predicted octanol–water partition coefficient (Wildman–Crippen LogP) is 0.849. The van der Waals surface area contributed by atoms with Gasteiger partial charge in [-0.05, 0) is 31.6 Å². The van der Waals surface area contributed by atoms with Crippen LogP contribution in [0.25, 0.3) is 0 Å². The Hall–Kier alpha value is -1.26. The molecule has 16 heavy (non-hydrogen) atoms. The summed E-state index contributed by atoms with van der Waals surface area (Å²) in [5, 5.41) is 7.91. The van der Waals surface area contributed by atoms with Crippen LogP contribution in [0.4, 0.5) is 0 Å². The molecular weight excluding hydrogens is 202 g/mol. The summed E-state index contributed by atoms with van der Waals surface area (Å²) in [6, 6.07) is 0.498. The number of likely N-dealkylation sites (tertiary alicyclic amines) is 1. The highest BCUT2D eigenvalue weighted by Gasteiger charge is 2.34. The van der Waals surface area contributed by atoms with Gasteiger partial charge in [0.05, 0.1) is 0 Å². The average molecular weight is 223 g/mol. The van der Waals surface area contributed by atoms with Crippen molar-refractivity contribution in [2.75, 3.05) is 6.54 Å². The van der Waals surface area contributed by atoms with Crippen molar-refractivity contribution in [1.29, 1.82) is 5.41 Å². The summed E-state index contributed by atoms with van der Waals surface area (Å²) in [6.45, 7) is 0.927. The lowest BCUT2D eigenvalue weighted by Gasteiger charge is -2.44. The number of nitrogens with zero attached hydrogens (tertiary/aromatic N) is 2. The minimum absolute atomic E-state index is 0.0112. The smallest absolute Gasteiger partial charge is 0.221 e. The van der Waals surface area contributed by atoms with E-state index in [4.69, 9.17) is 16.9 Å². The quantitative estimate of drug-likeness (QED) is 0.420. The van der Waals surface area contributed by atoms with E-state index in [0.29, 0.717) is 6.04 Å². The van der Waals surface area contributed by atoms with Crippen molar-refractivity contribution in [2.45, 2.75) is 44.6 Å². The van der Waals surface area contributed by atoms with Crippen molar-refractivity contribution in [3.8, 4) is 0 Å². The molecule has 0 amide bonds. The summed E-state index contributed by atoms with van der Waals surface area (Å²) in [4.78, 5) is 5.96. The maximum Gasteiger partial charge on any atom is 0.221 e. The number of rotatable bonds is 0. The molecule has 2 atom stereocenters. The molecule has 0 aromatic rings. The fraction of sp³-hybridized carbons (Fsp3) is 0.818. The largest absolute Gasteiger partial charge is 0.370 e. The normalized spacial score (nSPS) is 29.4. The molecule has 5 nitrogen and oxygen atoms in total. The van der Waals surface area contributed by atoms with E-state index in [9.17, 15) is 0 Å². The van der Waals surface area contributed by atoms with Crippen LogP contribution in [0, 0.1) is 11.3 Å². The third-order valence-electron chi connectivity index (χ3n) is 3.75. The van der Waals surface area contributed by atoms with E-state index in [1.807, 2.05) is 0 Å². The lowest BCUT2D eigenvalue weighted by molar-refractivity contribution is 0.117. The van der Waals surface area contributed by atoms with Crippen LogP contribution in [-0.4, -0.2) is 29.4 Å². The average Bonchev–Trinajstić information content (AvgIpc) is 2.27. The molecule has 0 unspecified atom stereocenters. The third-order valence-corrected chi connectivity index (χ3v) is 3.75. The van der Waals surface area contributed by atoms with Crippen molar-refractivity contribution >= 4 is 11.9 Å². The fourth-order valence-corrected chi connectivity index (χ4v) is 3.07. The van der Waals surface area contributed by atoms with Crippen LogP contribution in [-0.2, 0) is 0 Å². The lowest BCUT2D eigenvalue weighted by atomic mass is 9.78. The number of hydrogen-bond acceptors (Lipinski definition) is 1. The van der Waals surface area contributed by atoms with Crippen LogP contribution >= 0.6 is 0 Å². The molecule has 90 valence electrons. The van der Waals surface area contributed by atoms with Gasteiger partial charge < -0.3 is 16.4 Å². The Bertz CT molecular complexity index is 293. The van der Waals surface area contributed by atoms with Crippen molar-refractivity contribution in [1.82, 2.24) is 4.90 Å². The number of aliphatic imine (C=N–C) groups is 1. The molecule has 0 aromatic carbocycles. The van der Waals surface area contributed by atoms with Crippen LogP contribution < -0.4 is 11.5 Å². The van der Waals surface area contributed by atoms with Gasteiger partial charge in [-0.3, -0.25) is 5.41 Å². The van der Waals surface area contributed by atoms with Gasteiger partial charge in [-0.1, -0.05) is 12.8 Å². The summed E-state index contributed by atoms with van der Waals surface area (Å²) in [5.74, 6) is 0.983. The first kappa shape index (κ1) is 11.2. The Morgan fingerprint density at radius 1 is 1.12 bits per heavy atom. The van der Waals surface area contributed by atoms with E-state index in [1.165, 1.54) is 32.1 Å². The van der Waals surface area contributed by atoms with Gasteiger partial charge >= 0.3 is 0 Å². The van der Waals surface area contributed by atoms with Gasteiger partial charge in [-0.25, -0.2) is 0 Å². The van der Waals surface area contributed by atoms with E-state index in [0.717, 1.165) is 18.9 Å². The summed E-state index contributed by atoms with van der Waals surface area (Å²) in [5.41, 5.74) is 10.7. The molecule has 2 rings (SSSR count). The first-order valence-corrected chi connectivity index (χ1v) is 6.13. The van der Waals surface area contributed by atoms with Crippen molar-refractivity contribution in [3.05, 3.63) is 0 Å². The molecule has 1 aliphatic heterocycles. The minimum atomic E-state index is -0.0112. The highest BCUT2D eigenvalue weighted by molar-refractivity contribution is 5.91. The number of guanidine groups is 2. The molecule has 5 N–H and O–H groups in total. The van der Waals surface area contributed by atoms with Gasteiger partial charge in [0.15, 0.2) is 5.96 Å². The SMILES string of the molecule is N=C(N=C(N)N)N1CCC[C@H]2CCCC[C@H]21. The molecule has 0 aromatic heterocycles. The maximum absolute atomic E-state index is 7.91. The van der Waals surface area contributed by atoms with Crippen LogP contribution in [0.1, 0.15) is 38.5 Å². The second-order valence-corrected chi connectivity index (χ2v) is 4.81. The highest BCUT2D eigenvalue weighted by Crippen LogP contribution is 2.35. The predicted molar refractivity (Wildman–Crippen MR) is 65.2 cm³/mol. The second-order valence-electron chi connectivity index (χ2n) is 4.81. The number of nitrogens with two attached hydrogens (primary N) is 2. The van der Waals surface area contributed by atoms with Gasteiger partial charge in [0, 0.05) is 12.6 Å². The monoisotopic (exact) mass is 223 g/mol. The van der Waals surface area contributed by atoms with Crippen LogP contribution in [0.5, 0.6) is 0 Å². The van der Waals surface area contributed by atoms with E-state index in [1.54, 1.807) is 0 Å². The summed E-state index contributed by atoms with van der Waals surface area (Å²) < 4.78 is 0. The molecule has 0 spiro atoms. The van der Waals surface area contributed by atoms with Crippen molar-refractivity contribution < 1.29 is 0 Å². The van der Waals surface area contributed by atoms with Crippen LogP contribution in [0.2, 0.25) is 0 Å². The fourth-order valence-electron chi connectivity index (χ4n) is 3.07. The zero-order valence-electron chi connectivity index (χ0n) is 9.65. The van der Waals surface area contributed by atoms with E-state index in [-0.39, 0.29) is 11.9 Å². The lowest BCUT2D eigenvalue weighted by Crippen LogP contribution is -2.49. The Balaban J connectivity index is 2.07. The molecule has 1 saturated carbocycles.